The molecule has 0 saturated carbocycles. The molecule has 1 amide bonds. The summed E-state index contributed by atoms with van der Waals surface area (Å²) in [5.74, 6) is 1.88. The number of nitrogens with zero attached hydrogens (tertiary/aromatic N) is 1. The van der Waals surface area contributed by atoms with Crippen LogP contribution in [-0.4, -0.2) is 29.4 Å². The van der Waals surface area contributed by atoms with E-state index in [1.807, 2.05) is 18.2 Å². The largest absolute Gasteiger partial charge is 0.454 e. The first-order chi connectivity index (χ1) is 10.3. The molecular weight excluding hydrogens is 272 g/mol. The Kier molecular flexibility index (Phi) is 3.74. The highest BCUT2D eigenvalue weighted by atomic mass is 16.7. The lowest BCUT2D eigenvalue weighted by Crippen LogP contribution is -2.14. The maximum absolute atomic E-state index is 11.8. The van der Waals surface area contributed by atoms with E-state index in [9.17, 15) is 4.79 Å². The van der Waals surface area contributed by atoms with Crippen LogP contribution in [0.4, 0.5) is 5.82 Å². The number of aromatic nitrogens is 2. The Morgan fingerprint density at radius 1 is 1.38 bits per heavy atom. The van der Waals surface area contributed by atoms with Crippen molar-refractivity contribution < 1.29 is 14.3 Å². The van der Waals surface area contributed by atoms with Crippen molar-refractivity contribution in [3.8, 4) is 22.6 Å². The number of aromatic amines is 1. The Labute approximate surface area is 121 Å². The fraction of sp³-hybridized carbons (Fsp3) is 0.286. The van der Waals surface area contributed by atoms with Crippen LogP contribution < -0.4 is 20.5 Å². The first kappa shape index (κ1) is 13.4. The molecule has 7 nitrogen and oxygen atoms in total. The van der Waals surface area contributed by atoms with Gasteiger partial charge in [-0.2, -0.15) is 5.10 Å². The molecule has 110 valence electrons. The van der Waals surface area contributed by atoms with Gasteiger partial charge in [0, 0.05) is 12.0 Å². The second kappa shape index (κ2) is 5.84. The topological polar surface area (TPSA) is 102 Å². The number of nitrogens with two attached hydrogens (primary N) is 1. The summed E-state index contributed by atoms with van der Waals surface area (Å²) in [5.41, 5.74) is 7.09. The zero-order chi connectivity index (χ0) is 14.7. The van der Waals surface area contributed by atoms with Crippen molar-refractivity contribution in [1.29, 1.82) is 0 Å². The maximum atomic E-state index is 11.8. The van der Waals surface area contributed by atoms with Crippen LogP contribution in [0.25, 0.3) is 11.1 Å². The van der Waals surface area contributed by atoms with Crippen LogP contribution in [0.3, 0.4) is 0 Å². The number of benzene rings is 1. The third kappa shape index (κ3) is 2.82. The first-order valence-corrected chi connectivity index (χ1v) is 6.71. The summed E-state index contributed by atoms with van der Waals surface area (Å²) in [6.07, 6.45) is 2.70. The fourth-order valence-electron chi connectivity index (χ4n) is 2.13. The van der Waals surface area contributed by atoms with Crippen LogP contribution in [0.15, 0.2) is 24.4 Å². The van der Waals surface area contributed by atoms with E-state index >= 15 is 0 Å². The van der Waals surface area contributed by atoms with Gasteiger partial charge in [0.2, 0.25) is 12.7 Å². The molecule has 21 heavy (non-hydrogen) atoms. The monoisotopic (exact) mass is 288 g/mol. The molecule has 0 bridgehead atoms. The number of ether oxygens (including phenoxy) is 2. The molecule has 0 spiro atoms. The molecule has 7 heteroatoms. The maximum Gasteiger partial charge on any atom is 0.231 e. The number of carbonyl (C=O) groups excluding carboxylic acids is 1. The standard InChI is InChI=1S/C14H16N4O3/c15-5-1-2-13(19)17-14-10(7-16-18-14)9-3-4-11-12(6-9)21-8-20-11/h3-4,6-7H,1-2,5,8,15H2,(H2,16,17,18,19). The Balaban J connectivity index is 1.80. The van der Waals surface area contributed by atoms with Crippen molar-refractivity contribution >= 4 is 11.7 Å². The molecule has 1 aliphatic heterocycles. The number of fused-ring (bicyclic) bond motifs is 1. The smallest absolute Gasteiger partial charge is 0.231 e. The van der Waals surface area contributed by atoms with Crippen LogP contribution >= 0.6 is 0 Å². The summed E-state index contributed by atoms with van der Waals surface area (Å²) in [5, 5.41) is 9.59. The highest BCUT2D eigenvalue weighted by Gasteiger charge is 2.16. The molecule has 1 aromatic heterocycles. The molecule has 0 radical (unpaired) electrons. The second-order valence-corrected chi connectivity index (χ2v) is 4.67. The van der Waals surface area contributed by atoms with Crippen molar-refractivity contribution in [2.24, 2.45) is 5.73 Å². The molecule has 0 aliphatic carbocycles. The number of rotatable bonds is 5. The fourth-order valence-corrected chi connectivity index (χ4v) is 2.13. The van der Waals surface area contributed by atoms with E-state index in [0.29, 0.717) is 31.0 Å². The SMILES string of the molecule is NCCCC(=O)Nc1[nH]ncc1-c1ccc2c(c1)OCO2. The summed E-state index contributed by atoms with van der Waals surface area (Å²) in [4.78, 5) is 11.8. The molecule has 0 atom stereocenters. The molecule has 4 N–H and O–H groups in total. The van der Waals surface area contributed by atoms with E-state index in [4.69, 9.17) is 15.2 Å². The molecular formula is C14H16N4O3. The quantitative estimate of drug-likeness (QED) is 0.773. The zero-order valence-electron chi connectivity index (χ0n) is 11.4. The van der Waals surface area contributed by atoms with Gasteiger partial charge in [-0.15, -0.1) is 0 Å². The average Bonchev–Trinajstić information content (AvgIpc) is 3.12. The predicted octanol–water partition coefficient (Wildman–Crippen LogP) is 1.48. The normalized spacial score (nSPS) is 12.4. The van der Waals surface area contributed by atoms with Gasteiger partial charge in [0.25, 0.3) is 0 Å². The molecule has 2 aromatic rings. The van der Waals surface area contributed by atoms with Crippen LogP contribution in [0.1, 0.15) is 12.8 Å². The Bertz CT molecular complexity index is 653. The molecule has 0 saturated heterocycles. The highest BCUT2D eigenvalue weighted by Crippen LogP contribution is 2.37. The lowest BCUT2D eigenvalue weighted by molar-refractivity contribution is -0.116. The van der Waals surface area contributed by atoms with Gasteiger partial charge in [0.15, 0.2) is 11.5 Å². The van der Waals surface area contributed by atoms with Crippen LogP contribution in [0.2, 0.25) is 0 Å². The number of hydrogen-bond acceptors (Lipinski definition) is 5. The minimum absolute atomic E-state index is 0.0910. The van der Waals surface area contributed by atoms with Gasteiger partial charge >= 0.3 is 0 Å². The Morgan fingerprint density at radius 2 is 2.24 bits per heavy atom. The first-order valence-electron chi connectivity index (χ1n) is 6.71. The highest BCUT2D eigenvalue weighted by molar-refractivity contribution is 5.94. The van der Waals surface area contributed by atoms with Gasteiger partial charge in [-0.1, -0.05) is 6.07 Å². The third-order valence-electron chi connectivity index (χ3n) is 3.20. The van der Waals surface area contributed by atoms with E-state index in [1.165, 1.54) is 0 Å². The van der Waals surface area contributed by atoms with Crippen LogP contribution in [0, 0.1) is 0 Å². The number of amides is 1. The summed E-state index contributed by atoms with van der Waals surface area (Å²) in [6, 6.07) is 5.60. The summed E-state index contributed by atoms with van der Waals surface area (Å²) in [6.45, 7) is 0.721. The number of hydrogen-bond donors (Lipinski definition) is 3. The van der Waals surface area contributed by atoms with E-state index < -0.39 is 0 Å². The van der Waals surface area contributed by atoms with Crippen LogP contribution in [0.5, 0.6) is 11.5 Å². The lowest BCUT2D eigenvalue weighted by Gasteiger charge is -2.06. The third-order valence-corrected chi connectivity index (χ3v) is 3.20. The summed E-state index contributed by atoms with van der Waals surface area (Å²) in [7, 11) is 0. The van der Waals surface area contributed by atoms with Gasteiger partial charge in [0.05, 0.1) is 6.20 Å². The molecule has 0 fully saturated rings. The number of anilines is 1. The van der Waals surface area contributed by atoms with Gasteiger partial charge in [-0.3, -0.25) is 9.89 Å². The minimum atomic E-state index is -0.0910. The lowest BCUT2D eigenvalue weighted by atomic mass is 10.1. The van der Waals surface area contributed by atoms with Crippen molar-refractivity contribution in [1.82, 2.24) is 10.2 Å². The van der Waals surface area contributed by atoms with Crippen molar-refractivity contribution in [3.05, 3.63) is 24.4 Å². The average molecular weight is 288 g/mol. The molecule has 2 heterocycles. The Morgan fingerprint density at radius 3 is 3.10 bits per heavy atom. The van der Waals surface area contributed by atoms with E-state index in [0.717, 1.165) is 16.9 Å². The molecule has 1 aliphatic rings. The minimum Gasteiger partial charge on any atom is -0.454 e. The summed E-state index contributed by atoms with van der Waals surface area (Å²) >= 11 is 0. The summed E-state index contributed by atoms with van der Waals surface area (Å²) < 4.78 is 10.6. The number of H-pyrrole nitrogens is 1. The second-order valence-electron chi connectivity index (χ2n) is 4.67. The van der Waals surface area contributed by atoms with Crippen molar-refractivity contribution in [3.63, 3.8) is 0 Å². The van der Waals surface area contributed by atoms with E-state index in [1.54, 1.807) is 6.20 Å². The Hall–Kier alpha value is -2.54. The molecule has 3 rings (SSSR count). The molecule has 0 unspecified atom stereocenters. The van der Waals surface area contributed by atoms with E-state index in [-0.39, 0.29) is 12.7 Å². The molecule has 1 aromatic carbocycles. The van der Waals surface area contributed by atoms with Gasteiger partial charge in [-0.05, 0) is 30.7 Å². The number of carbonyl (C=O) groups is 1. The van der Waals surface area contributed by atoms with Gasteiger partial charge < -0.3 is 20.5 Å². The van der Waals surface area contributed by atoms with Crippen LogP contribution in [-0.2, 0) is 4.79 Å². The van der Waals surface area contributed by atoms with Gasteiger partial charge in [-0.25, -0.2) is 0 Å². The number of nitrogens with one attached hydrogen (secondary N) is 2. The van der Waals surface area contributed by atoms with Crippen molar-refractivity contribution in [2.45, 2.75) is 12.8 Å². The van der Waals surface area contributed by atoms with E-state index in [2.05, 4.69) is 15.5 Å². The predicted molar refractivity (Wildman–Crippen MR) is 77.1 cm³/mol. The zero-order valence-corrected chi connectivity index (χ0v) is 11.4. The van der Waals surface area contributed by atoms with Crippen molar-refractivity contribution in [2.75, 3.05) is 18.7 Å². The van der Waals surface area contributed by atoms with Gasteiger partial charge in [0.1, 0.15) is 5.82 Å².